The number of ether oxygens (including phenoxy) is 3. The molecule has 4 N–H and O–H groups in total. The Kier molecular flexibility index (Phi) is 12.5. The Morgan fingerprint density at radius 3 is 2.19 bits per heavy atom. The van der Waals surface area contributed by atoms with Crippen molar-refractivity contribution in [3.8, 4) is 23.1 Å². The van der Waals surface area contributed by atoms with Crippen molar-refractivity contribution in [2.75, 3.05) is 39.7 Å². The lowest BCUT2D eigenvalue weighted by Crippen LogP contribution is -2.58. The molecule has 4 atom stereocenters. The van der Waals surface area contributed by atoms with E-state index in [4.69, 9.17) is 24.2 Å². The first-order valence-corrected chi connectivity index (χ1v) is 21.1. The zero-order valence-corrected chi connectivity index (χ0v) is 35.1. The molecule has 0 unspecified atom stereocenters. The second-order valence-electron chi connectivity index (χ2n) is 15.9. The predicted molar refractivity (Wildman–Crippen MR) is 223 cm³/mol. The summed E-state index contributed by atoms with van der Waals surface area (Å²) in [4.78, 5) is 71.6. The fourth-order valence-corrected chi connectivity index (χ4v) is 9.77. The molecule has 59 heavy (non-hydrogen) atoms. The summed E-state index contributed by atoms with van der Waals surface area (Å²) in [7, 11) is 2.58. The number of aromatic amines is 2. The molecule has 3 aliphatic rings. The molecule has 3 saturated heterocycles. The highest BCUT2D eigenvalue weighted by Crippen LogP contribution is 2.51. The molecule has 4 amide bonds. The highest BCUT2D eigenvalue weighted by molar-refractivity contribution is 8.00. The van der Waals surface area contributed by atoms with Crippen LogP contribution in [0.1, 0.15) is 88.4 Å². The Balaban J connectivity index is 1.06. The van der Waals surface area contributed by atoms with Crippen molar-refractivity contribution in [3.05, 3.63) is 71.7 Å². The number of nitrogens with zero attached hydrogens (tertiary/aromatic N) is 4. The van der Waals surface area contributed by atoms with Crippen LogP contribution in [0, 0.1) is 23.7 Å². The molecule has 3 fully saturated rings. The average molecular weight is 825 g/mol. The molecule has 1 spiro atoms. The Hall–Kier alpha value is -5.53. The Bertz CT molecular complexity index is 2250. The van der Waals surface area contributed by atoms with Crippen molar-refractivity contribution in [2.24, 2.45) is 11.8 Å². The van der Waals surface area contributed by atoms with E-state index >= 15 is 0 Å². The van der Waals surface area contributed by atoms with E-state index in [-0.39, 0.29) is 35.7 Å². The number of methoxy groups -OCH3 is 2. The Labute approximate surface area is 348 Å². The third-order valence-corrected chi connectivity index (χ3v) is 13.0. The summed E-state index contributed by atoms with van der Waals surface area (Å²) in [5, 5.41) is 7.51. The molecule has 312 valence electrons. The van der Waals surface area contributed by atoms with E-state index in [9.17, 15) is 19.2 Å². The number of fused-ring (bicyclic) bond motifs is 1. The van der Waals surface area contributed by atoms with Crippen LogP contribution >= 0.6 is 11.8 Å². The van der Waals surface area contributed by atoms with E-state index in [1.54, 1.807) is 29.1 Å². The van der Waals surface area contributed by atoms with Gasteiger partial charge in [0.1, 0.15) is 35.5 Å². The van der Waals surface area contributed by atoms with Gasteiger partial charge in [-0.2, -0.15) is 0 Å². The highest BCUT2D eigenvalue weighted by atomic mass is 32.2. The van der Waals surface area contributed by atoms with Gasteiger partial charge in [-0.25, -0.2) is 19.6 Å². The molecular formula is C43H52N8O7S. The maximum Gasteiger partial charge on any atom is 0.407 e. The first-order valence-electron chi connectivity index (χ1n) is 20.1. The number of likely N-dealkylation sites (tertiary alicyclic amines) is 1. The fourth-order valence-electron chi connectivity index (χ4n) is 8.19. The summed E-state index contributed by atoms with van der Waals surface area (Å²) in [5.41, 5.74) is 3.27. The molecule has 0 radical (unpaired) electrons. The van der Waals surface area contributed by atoms with Crippen molar-refractivity contribution in [2.45, 2.75) is 82.4 Å². The number of alkyl carbamates (subject to hydrolysis) is 2. The largest absolute Gasteiger partial charge is 0.453 e. The maximum atomic E-state index is 14.3. The number of amides is 4. The topological polar surface area (TPSA) is 184 Å². The Morgan fingerprint density at radius 2 is 1.49 bits per heavy atom. The fraction of sp³-hybridized carbons (Fsp3) is 0.488. The second-order valence-corrected chi connectivity index (χ2v) is 17.3. The zero-order chi connectivity index (χ0) is 41.8. The molecule has 7 rings (SSSR count). The molecule has 16 heteroatoms. The van der Waals surface area contributed by atoms with E-state index in [1.165, 1.54) is 14.2 Å². The number of carbonyl (C=O) groups is 4. The van der Waals surface area contributed by atoms with Gasteiger partial charge >= 0.3 is 12.2 Å². The monoisotopic (exact) mass is 824 g/mol. The Morgan fingerprint density at radius 1 is 0.847 bits per heavy atom. The zero-order valence-electron chi connectivity index (χ0n) is 34.3. The van der Waals surface area contributed by atoms with Crippen LogP contribution in [0.4, 0.5) is 9.59 Å². The van der Waals surface area contributed by atoms with Crippen LogP contribution in [0.25, 0.3) is 22.0 Å². The van der Waals surface area contributed by atoms with Gasteiger partial charge in [0.05, 0.1) is 43.2 Å². The molecular weight excluding hydrogens is 773 g/mol. The van der Waals surface area contributed by atoms with Gasteiger partial charge in [-0.05, 0) is 59.6 Å². The molecule has 0 aliphatic carbocycles. The molecule has 4 aromatic rings. The third kappa shape index (κ3) is 8.77. The number of benzene rings is 2. The van der Waals surface area contributed by atoms with Gasteiger partial charge in [0.15, 0.2) is 0 Å². The molecule has 2 aromatic carbocycles. The van der Waals surface area contributed by atoms with E-state index in [1.807, 2.05) is 56.9 Å². The highest BCUT2D eigenvalue weighted by Gasteiger charge is 2.53. The summed E-state index contributed by atoms with van der Waals surface area (Å²) >= 11 is 1.74. The van der Waals surface area contributed by atoms with Gasteiger partial charge in [0.2, 0.25) is 11.8 Å². The van der Waals surface area contributed by atoms with Crippen LogP contribution < -0.4 is 10.6 Å². The van der Waals surface area contributed by atoms with Crippen LogP contribution in [-0.2, 0) is 23.8 Å². The number of hydrogen-bond acceptors (Lipinski definition) is 10. The summed E-state index contributed by atoms with van der Waals surface area (Å²) in [6.07, 6.45) is 5.20. The van der Waals surface area contributed by atoms with E-state index < -0.39 is 29.1 Å². The lowest BCUT2D eigenvalue weighted by atomic mass is 9.97. The average Bonchev–Trinajstić information content (AvgIpc) is 4.07. The summed E-state index contributed by atoms with van der Waals surface area (Å²) in [6, 6.07) is 10.2. The van der Waals surface area contributed by atoms with E-state index in [2.05, 4.69) is 44.6 Å². The van der Waals surface area contributed by atoms with E-state index in [0.29, 0.717) is 55.7 Å². The summed E-state index contributed by atoms with van der Waals surface area (Å²) in [5.74, 6) is 7.90. The lowest BCUT2D eigenvalue weighted by molar-refractivity contribution is -0.142. The standard InChI is InChI=1S/C43H52N8O7S/c1-25(2)35(48-41(54)56-5)39(52)50-17-7-8-33(50)37-45-23-32(47-37)30-13-12-28-20-27(9-11-29(28)21-30)10-14-31-22-44-38(46-31)34-24-59-43(15-18-58-19-16-43)51(34)40(53)36(26(3)4)49-42(55)57-6/h9,11-13,20-23,25-26,33-36H,7-8,15-19,24H2,1-6H3,(H,44,46)(H,45,47)(H,48,54)(H,49,55)/t33-,34-,35-,36-/m0/s1. The van der Waals surface area contributed by atoms with Crippen molar-refractivity contribution in [3.63, 3.8) is 0 Å². The van der Waals surface area contributed by atoms with Gasteiger partial charge in [-0.15, -0.1) is 11.8 Å². The third-order valence-electron chi connectivity index (χ3n) is 11.4. The molecule has 0 saturated carbocycles. The number of carbonyl (C=O) groups excluding carboxylic acids is 4. The van der Waals surface area contributed by atoms with Gasteiger partial charge in [0.25, 0.3) is 0 Å². The first-order chi connectivity index (χ1) is 28.4. The van der Waals surface area contributed by atoms with Crippen LogP contribution in [0.2, 0.25) is 0 Å². The number of rotatable bonds is 9. The molecule has 15 nitrogen and oxygen atoms in total. The smallest absolute Gasteiger partial charge is 0.407 e. The summed E-state index contributed by atoms with van der Waals surface area (Å²) in [6.45, 7) is 9.29. The minimum Gasteiger partial charge on any atom is -0.453 e. The van der Waals surface area contributed by atoms with E-state index in [0.717, 1.165) is 40.4 Å². The molecule has 2 aromatic heterocycles. The number of nitrogens with one attached hydrogen (secondary N) is 4. The van der Waals surface area contributed by atoms with Gasteiger partial charge < -0.3 is 44.6 Å². The number of aromatic nitrogens is 4. The quantitative estimate of drug-likeness (QED) is 0.148. The van der Waals surface area contributed by atoms with Crippen LogP contribution in [-0.4, -0.2) is 110 Å². The minimum absolute atomic E-state index is 0.114. The van der Waals surface area contributed by atoms with Crippen LogP contribution in [0.15, 0.2) is 48.8 Å². The van der Waals surface area contributed by atoms with Crippen molar-refractivity contribution < 1.29 is 33.4 Å². The first kappa shape index (κ1) is 41.6. The van der Waals surface area contributed by atoms with Crippen LogP contribution in [0.3, 0.4) is 0 Å². The molecule has 3 aliphatic heterocycles. The minimum atomic E-state index is -0.763. The second kappa shape index (κ2) is 17.8. The SMILES string of the molecule is COC(=O)N[C@H](C(=O)N1CCC[C@H]1c1ncc(-c2ccc3cc(C#Cc4cnc([C@@H]5CSC6(CCOCC6)N5C(=O)[C@@H](NC(=O)OC)C(C)C)[nH]4)ccc3c2)[nH]1)C(C)C. The summed E-state index contributed by atoms with van der Waals surface area (Å²) < 4.78 is 15.3. The van der Waals surface area contributed by atoms with Gasteiger partial charge in [0, 0.05) is 49.5 Å². The normalized spacial score (nSPS) is 19.7. The number of imidazole rings is 2. The van der Waals surface area contributed by atoms with Crippen LogP contribution in [0.5, 0.6) is 0 Å². The van der Waals surface area contributed by atoms with Crippen molar-refractivity contribution >= 4 is 46.5 Å². The van der Waals surface area contributed by atoms with Crippen molar-refractivity contribution in [1.82, 2.24) is 40.4 Å². The number of thioether (sulfide) groups is 1. The lowest BCUT2D eigenvalue weighted by Gasteiger charge is -2.44. The van der Waals surface area contributed by atoms with Crippen molar-refractivity contribution in [1.29, 1.82) is 0 Å². The number of hydrogen-bond donors (Lipinski definition) is 4. The maximum absolute atomic E-state index is 14.3. The molecule has 5 heterocycles. The van der Waals surface area contributed by atoms with Gasteiger partial charge in [-0.3, -0.25) is 9.59 Å². The molecule has 0 bridgehead atoms. The predicted octanol–water partition coefficient (Wildman–Crippen LogP) is 5.90. The number of H-pyrrole nitrogens is 2. The van der Waals surface area contributed by atoms with Gasteiger partial charge in [-0.1, -0.05) is 51.8 Å².